The highest BCUT2D eigenvalue weighted by atomic mass is 79.9. The number of anilines is 1. The summed E-state index contributed by atoms with van der Waals surface area (Å²) in [7, 11) is 0. The molecule has 2 aromatic rings. The number of nitrogens with two attached hydrogens (primary N) is 1. The van der Waals surface area contributed by atoms with Gasteiger partial charge in [-0.05, 0) is 46.5 Å². The minimum absolute atomic E-state index is 0.159. The van der Waals surface area contributed by atoms with Crippen LogP contribution in [-0.2, 0) is 11.2 Å². The van der Waals surface area contributed by atoms with Crippen molar-refractivity contribution in [1.82, 2.24) is 0 Å². The molecule has 0 aliphatic heterocycles. The Bertz CT molecular complexity index is 572. The summed E-state index contributed by atoms with van der Waals surface area (Å²) in [5.41, 5.74) is 7.87. The van der Waals surface area contributed by atoms with Gasteiger partial charge in [0.25, 0.3) is 0 Å². The molecule has 4 heteroatoms. The van der Waals surface area contributed by atoms with Gasteiger partial charge in [0.05, 0.1) is 11.7 Å². The van der Waals surface area contributed by atoms with Gasteiger partial charge >= 0.3 is 0 Å². The first-order valence-electron chi connectivity index (χ1n) is 6.51. The van der Waals surface area contributed by atoms with Crippen molar-refractivity contribution in [3.8, 4) is 0 Å². The van der Waals surface area contributed by atoms with Crippen LogP contribution >= 0.6 is 15.9 Å². The molecule has 0 bridgehead atoms. The van der Waals surface area contributed by atoms with Crippen LogP contribution in [-0.4, -0.2) is 11.9 Å². The molecule has 0 heterocycles. The second kappa shape index (κ2) is 7.22. The lowest BCUT2D eigenvalue weighted by Crippen LogP contribution is -2.36. The summed E-state index contributed by atoms with van der Waals surface area (Å²) in [6, 6.07) is 17.0. The van der Waals surface area contributed by atoms with Crippen LogP contribution in [0.25, 0.3) is 0 Å². The molecular weight excluding hydrogens is 316 g/mol. The average molecular weight is 333 g/mol. The topological polar surface area (TPSA) is 55.1 Å². The zero-order valence-corrected chi connectivity index (χ0v) is 12.6. The Balaban J connectivity index is 1.88. The third-order valence-electron chi connectivity index (χ3n) is 3.06. The zero-order chi connectivity index (χ0) is 14.4. The molecule has 1 amide bonds. The maximum atomic E-state index is 12.0. The normalized spacial score (nSPS) is 11.9. The number of amides is 1. The summed E-state index contributed by atoms with van der Waals surface area (Å²) in [5, 5.41) is 2.84. The molecule has 0 radical (unpaired) electrons. The number of carbonyl (C=O) groups is 1. The first-order chi connectivity index (χ1) is 9.66. The second-order valence-electron chi connectivity index (χ2n) is 4.60. The Kier molecular flexibility index (Phi) is 5.32. The van der Waals surface area contributed by atoms with Gasteiger partial charge in [0.2, 0.25) is 5.91 Å². The van der Waals surface area contributed by atoms with Gasteiger partial charge in [0, 0.05) is 4.47 Å². The van der Waals surface area contributed by atoms with Crippen LogP contribution in [0.1, 0.15) is 12.0 Å². The van der Waals surface area contributed by atoms with E-state index in [2.05, 4.69) is 21.2 Å². The van der Waals surface area contributed by atoms with Gasteiger partial charge in [-0.25, -0.2) is 0 Å². The van der Waals surface area contributed by atoms with Crippen LogP contribution < -0.4 is 11.1 Å². The first-order valence-corrected chi connectivity index (χ1v) is 7.31. The van der Waals surface area contributed by atoms with E-state index >= 15 is 0 Å². The second-order valence-corrected chi connectivity index (χ2v) is 5.45. The van der Waals surface area contributed by atoms with Crippen molar-refractivity contribution >= 4 is 27.5 Å². The van der Waals surface area contributed by atoms with Gasteiger partial charge in [0.15, 0.2) is 0 Å². The Hall–Kier alpha value is -1.65. The quantitative estimate of drug-likeness (QED) is 0.882. The van der Waals surface area contributed by atoms with Gasteiger partial charge in [-0.2, -0.15) is 0 Å². The SMILES string of the molecule is NC(CCc1ccccc1)C(=O)Nc1ccccc1Br. The molecule has 2 rings (SSSR count). The number of carbonyl (C=O) groups excluding carboxylic acids is 1. The molecule has 1 unspecified atom stereocenters. The third kappa shape index (κ3) is 4.18. The van der Waals surface area contributed by atoms with E-state index in [1.807, 2.05) is 54.6 Å². The average Bonchev–Trinajstić information content (AvgIpc) is 2.48. The van der Waals surface area contributed by atoms with Gasteiger partial charge in [0.1, 0.15) is 0 Å². The van der Waals surface area contributed by atoms with Crippen LogP contribution in [0.3, 0.4) is 0 Å². The predicted molar refractivity (Wildman–Crippen MR) is 85.5 cm³/mol. The number of para-hydroxylation sites is 1. The van der Waals surface area contributed by atoms with E-state index in [9.17, 15) is 4.79 Å². The zero-order valence-electron chi connectivity index (χ0n) is 11.1. The molecule has 0 fully saturated rings. The van der Waals surface area contributed by atoms with Crippen molar-refractivity contribution in [2.75, 3.05) is 5.32 Å². The molecule has 0 spiro atoms. The summed E-state index contributed by atoms with van der Waals surface area (Å²) in [4.78, 5) is 12.0. The summed E-state index contributed by atoms with van der Waals surface area (Å²) in [6.45, 7) is 0. The van der Waals surface area contributed by atoms with Crippen LogP contribution in [0.4, 0.5) is 5.69 Å². The lowest BCUT2D eigenvalue weighted by atomic mass is 10.1. The van der Waals surface area contributed by atoms with Gasteiger partial charge in [-0.15, -0.1) is 0 Å². The highest BCUT2D eigenvalue weighted by molar-refractivity contribution is 9.10. The van der Waals surface area contributed by atoms with Crippen molar-refractivity contribution in [1.29, 1.82) is 0 Å². The lowest BCUT2D eigenvalue weighted by molar-refractivity contribution is -0.117. The largest absolute Gasteiger partial charge is 0.324 e. The number of halogens is 1. The molecule has 0 aliphatic rings. The van der Waals surface area contributed by atoms with Crippen molar-refractivity contribution in [3.05, 3.63) is 64.6 Å². The van der Waals surface area contributed by atoms with Gasteiger partial charge < -0.3 is 11.1 Å². The number of rotatable bonds is 5. The molecule has 0 saturated carbocycles. The minimum Gasteiger partial charge on any atom is -0.324 e. The molecule has 0 saturated heterocycles. The number of hydrogen-bond donors (Lipinski definition) is 2. The monoisotopic (exact) mass is 332 g/mol. The molecule has 3 nitrogen and oxygen atoms in total. The standard InChI is InChI=1S/C16H17BrN2O/c17-13-8-4-5-9-15(13)19-16(20)14(18)11-10-12-6-2-1-3-7-12/h1-9,14H,10-11,18H2,(H,19,20). The molecule has 104 valence electrons. The van der Waals surface area contributed by atoms with Gasteiger partial charge in [-0.1, -0.05) is 42.5 Å². The highest BCUT2D eigenvalue weighted by Gasteiger charge is 2.14. The van der Waals surface area contributed by atoms with Crippen LogP contribution in [0.5, 0.6) is 0 Å². The molecule has 1 atom stereocenters. The number of aryl methyl sites for hydroxylation is 1. The Morgan fingerprint density at radius 3 is 2.45 bits per heavy atom. The molecule has 2 aromatic carbocycles. The number of nitrogens with one attached hydrogen (secondary N) is 1. The smallest absolute Gasteiger partial charge is 0.241 e. The Morgan fingerprint density at radius 2 is 1.75 bits per heavy atom. The number of hydrogen-bond acceptors (Lipinski definition) is 2. The summed E-state index contributed by atoms with van der Waals surface area (Å²) in [5.74, 6) is -0.159. The molecular formula is C16H17BrN2O. The predicted octanol–water partition coefficient (Wildman–Crippen LogP) is 3.35. The Morgan fingerprint density at radius 1 is 1.10 bits per heavy atom. The van der Waals surface area contributed by atoms with E-state index in [0.29, 0.717) is 6.42 Å². The fourth-order valence-electron chi connectivity index (χ4n) is 1.89. The molecule has 3 N–H and O–H groups in total. The van der Waals surface area contributed by atoms with E-state index in [0.717, 1.165) is 16.6 Å². The summed E-state index contributed by atoms with van der Waals surface area (Å²) < 4.78 is 0.851. The molecule has 0 aliphatic carbocycles. The lowest BCUT2D eigenvalue weighted by Gasteiger charge is -2.13. The fraction of sp³-hybridized carbons (Fsp3) is 0.188. The molecule has 0 aromatic heterocycles. The van der Waals surface area contributed by atoms with Crippen LogP contribution in [0, 0.1) is 0 Å². The van der Waals surface area contributed by atoms with E-state index in [-0.39, 0.29) is 5.91 Å². The van der Waals surface area contributed by atoms with Crippen molar-refractivity contribution in [3.63, 3.8) is 0 Å². The van der Waals surface area contributed by atoms with E-state index in [4.69, 9.17) is 5.73 Å². The van der Waals surface area contributed by atoms with Crippen LogP contribution in [0.15, 0.2) is 59.1 Å². The van der Waals surface area contributed by atoms with E-state index in [1.165, 1.54) is 5.56 Å². The van der Waals surface area contributed by atoms with Crippen molar-refractivity contribution in [2.45, 2.75) is 18.9 Å². The summed E-state index contributed by atoms with van der Waals surface area (Å²) in [6.07, 6.45) is 1.42. The van der Waals surface area contributed by atoms with E-state index < -0.39 is 6.04 Å². The van der Waals surface area contributed by atoms with Crippen molar-refractivity contribution < 1.29 is 4.79 Å². The van der Waals surface area contributed by atoms with E-state index in [1.54, 1.807) is 0 Å². The first kappa shape index (κ1) is 14.8. The third-order valence-corrected chi connectivity index (χ3v) is 3.75. The fourth-order valence-corrected chi connectivity index (χ4v) is 2.27. The maximum Gasteiger partial charge on any atom is 0.241 e. The summed E-state index contributed by atoms with van der Waals surface area (Å²) >= 11 is 3.39. The Labute approximate surface area is 127 Å². The maximum absolute atomic E-state index is 12.0. The molecule has 20 heavy (non-hydrogen) atoms. The van der Waals surface area contributed by atoms with Crippen molar-refractivity contribution in [2.24, 2.45) is 5.73 Å². The minimum atomic E-state index is -0.512. The number of benzene rings is 2. The van der Waals surface area contributed by atoms with Gasteiger partial charge in [-0.3, -0.25) is 4.79 Å². The highest BCUT2D eigenvalue weighted by Crippen LogP contribution is 2.21. The van der Waals surface area contributed by atoms with Crippen LogP contribution in [0.2, 0.25) is 0 Å².